The molecule has 4 rings (SSSR count). The molecule has 1 atom stereocenters. The van der Waals surface area contributed by atoms with Gasteiger partial charge in [0.2, 0.25) is 0 Å². The molecule has 0 amide bonds. The van der Waals surface area contributed by atoms with Crippen molar-refractivity contribution in [2.45, 2.75) is 30.5 Å². The van der Waals surface area contributed by atoms with Crippen LogP contribution in [0.4, 0.5) is 0 Å². The number of nitrogens with zero attached hydrogens (tertiary/aromatic N) is 3. The van der Waals surface area contributed by atoms with Crippen molar-refractivity contribution in [1.29, 1.82) is 0 Å². The van der Waals surface area contributed by atoms with E-state index in [0.29, 0.717) is 6.04 Å². The van der Waals surface area contributed by atoms with Crippen LogP contribution in [0.2, 0.25) is 0 Å². The first-order valence-electron chi connectivity index (χ1n) is 9.78. The Kier molecular flexibility index (Phi) is 7.53. The van der Waals surface area contributed by atoms with E-state index >= 15 is 0 Å². The summed E-state index contributed by atoms with van der Waals surface area (Å²) in [5.74, 6) is 1.73. The van der Waals surface area contributed by atoms with Crippen molar-refractivity contribution in [2.24, 2.45) is 7.05 Å². The highest BCUT2D eigenvalue weighted by Gasteiger charge is 2.19. The van der Waals surface area contributed by atoms with Gasteiger partial charge in [-0.2, -0.15) is 0 Å². The van der Waals surface area contributed by atoms with E-state index in [1.54, 1.807) is 11.8 Å². The van der Waals surface area contributed by atoms with Crippen LogP contribution in [-0.2, 0) is 13.5 Å². The topological polar surface area (TPSA) is 42.7 Å². The van der Waals surface area contributed by atoms with E-state index in [1.807, 2.05) is 25.2 Å². The van der Waals surface area contributed by atoms with Gasteiger partial charge in [-0.3, -0.25) is 0 Å². The third kappa shape index (κ3) is 5.10. The molecule has 3 aromatic rings. The highest BCUT2D eigenvalue weighted by molar-refractivity contribution is 7.99. The fraction of sp³-hybridized carbons (Fsp3) is 0.304. The van der Waals surface area contributed by atoms with Crippen LogP contribution in [0.3, 0.4) is 0 Å². The summed E-state index contributed by atoms with van der Waals surface area (Å²) in [5.41, 5.74) is 5.20. The molecular formula is C23H27ClN4S. The number of halogens is 1. The van der Waals surface area contributed by atoms with Crippen molar-refractivity contribution in [3.8, 4) is 11.4 Å². The lowest BCUT2D eigenvalue weighted by Crippen LogP contribution is -2.27. The van der Waals surface area contributed by atoms with Crippen LogP contribution in [0.5, 0.6) is 0 Å². The maximum atomic E-state index is 4.36. The SMILES string of the molecule is C=C(CNC1CCCc2ccccc21)CSc1nnc(-c2ccccc2)n1C.Cl. The molecule has 1 aliphatic rings. The minimum absolute atomic E-state index is 0. The molecule has 0 radical (unpaired) electrons. The van der Waals surface area contributed by atoms with E-state index in [9.17, 15) is 0 Å². The summed E-state index contributed by atoms with van der Waals surface area (Å²) in [6, 6.07) is 19.4. The van der Waals surface area contributed by atoms with Gasteiger partial charge in [-0.05, 0) is 30.4 Å². The van der Waals surface area contributed by atoms with Crippen molar-refractivity contribution in [3.05, 3.63) is 77.9 Å². The van der Waals surface area contributed by atoms with Gasteiger partial charge in [0.15, 0.2) is 11.0 Å². The Labute approximate surface area is 183 Å². The van der Waals surface area contributed by atoms with E-state index < -0.39 is 0 Å². The molecule has 1 heterocycles. The molecule has 0 saturated heterocycles. The monoisotopic (exact) mass is 426 g/mol. The normalized spacial score (nSPS) is 15.4. The number of fused-ring (bicyclic) bond motifs is 1. The quantitative estimate of drug-likeness (QED) is 0.415. The standard InChI is InChI=1S/C23H26N4S.ClH/c1-17(15-24-21-14-8-12-18-9-6-7-13-20(18)21)16-28-23-26-25-22(27(23)2)19-10-4-3-5-11-19;/h3-7,9-11,13,21,24H,1,8,12,14-16H2,2H3;1H. The molecule has 0 aliphatic heterocycles. The molecule has 0 saturated carbocycles. The number of thioether (sulfide) groups is 1. The van der Waals surface area contributed by atoms with Gasteiger partial charge in [0.05, 0.1) is 0 Å². The molecule has 0 fully saturated rings. The molecule has 29 heavy (non-hydrogen) atoms. The summed E-state index contributed by atoms with van der Waals surface area (Å²) in [4.78, 5) is 0. The number of rotatable bonds is 7. The Morgan fingerprint density at radius 3 is 2.72 bits per heavy atom. The van der Waals surface area contributed by atoms with Crippen molar-refractivity contribution >= 4 is 24.2 Å². The van der Waals surface area contributed by atoms with Crippen LogP contribution in [0, 0.1) is 0 Å². The minimum Gasteiger partial charge on any atom is -0.306 e. The van der Waals surface area contributed by atoms with Gasteiger partial charge in [0, 0.05) is 31.0 Å². The summed E-state index contributed by atoms with van der Waals surface area (Å²) in [5, 5.41) is 13.3. The highest BCUT2D eigenvalue weighted by atomic mass is 35.5. The number of nitrogens with one attached hydrogen (secondary N) is 1. The lowest BCUT2D eigenvalue weighted by atomic mass is 9.88. The molecule has 4 nitrogen and oxygen atoms in total. The second-order valence-corrected chi connectivity index (χ2v) is 8.24. The van der Waals surface area contributed by atoms with Gasteiger partial charge in [-0.15, -0.1) is 22.6 Å². The molecule has 1 aliphatic carbocycles. The lowest BCUT2D eigenvalue weighted by Gasteiger charge is -2.26. The molecule has 2 aromatic carbocycles. The Bertz CT molecular complexity index is 955. The maximum Gasteiger partial charge on any atom is 0.191 e. The fourth-order valence-corrected chi connectivity index (χ4v) is 4.54. The van der Waals surface area contributed by atoms with Crippen LogP contribution in [-0.4, -0.2) is 27.1 Å². The number of hydrogen-bond donors (Lipinski definition) is 1. The van der Waals surface area contributed by atoms with Gasteiger partial charge in [0.25, 0.3) is 0 Å². The average molecular weight is 427 g/mol. The molecule has 0 bridgehead atoms. The first-order chi connectivity index (χ1) is 13.7. The molecule has 152 valence electrons. The van der Waals surface area contributed by atoms with Crippen molar-refractivity contribution < 1.29 is 0 Å². The number of benzene rings is 2. The van der Waals surface area contributed by atoms with Crippen molar-refractivity contribution in [3.63, 3.8) is 0 Å². The van der Waals surface area contributed by atoms with Crippen molar-refractivity contribution in [2.75, 3.05) is 12.3 Å². The molecule has 1 N–H and O–H groups in total. The Balaban J connectivity index is 0.00000240. The van der Waals surface area contributed by atoms with Crippen LogP contribution in [0.1, 0.15) is 30.0 Å². The van der Waals surface area contributed by atoms with E-state index in [2.05, 4.69) is 63.1 Å². The predicted octanol–water partition coefficient (Wildman–Crippen LogP) is 5.22. The zero-order valence-corrected chi connectivity index (χ0v) is 18.3. The van der Waals surface area contributed by atoms with Crippen LogP contribution < -0.4 is 5.32 Å². The average Bonchev–Trinajstić information content (AvgIpc) is 3.11. The Morgan fingerprint density at radius 1 is 1.14 bits per heavy atom. The summed E-state index contributed by atoms with van der Waals surface area (Å²) in [6.45, 7) is 5.09. The van der Waals surface area contributed by atoms with E-state index in [4.69, 9.17) is 0 Å². The van der Waals surface area contributed by atoms with E-state index in [-0.39, 0.29) is 12.4 Å². The largest absolute Gasteiger partial charge is 0.306 e. The first kappa shape index (κ1) is 21.6. The van der Waals surface area contributed by atoms with E-state index in [0.717, 1.165) is 28.8 Å². The molecule has 0 spiro atoms. The fourth-order valence-electron chi connectivity index (χ4n) is 3.73. The smallest absolute Gasteiger partial charge is 0.191 e. The summed E-state index contributed by atoms with van der Waals surface area (Å²) in [7, 11) is 2.02. The van der Waals surface area contributed by atoms with Gasteiger partial charge in [-0.1, -0.05) is 78.5 Å². The zero-order chi connectivity index (χ0) is 19.3. The Hall–Kier alpha value is -2.08. The summed E-state index contributed by atoms with van der Waals surface area (Å²) in [6.07, 6.45) is 3.64. The lowest BCUT2D eigenvalue weighted by molar-refractivity contribution is 0.476. The third-order valence-corrected chi connectivity index (χ3v) is 6.41. The molecule has 1 aromatic heterocycles. The van der Waals surface area contributed by atoms with Crippen LogP contribution in [0.25, 0.3) is 11.4 Å². The van der Waals surface area contributed by atoms with Gasteiger partial charge in [-0.25, -0.2) is 0 Å². The molecule has 1 unspecified atom stereocenters. The number of hydrogen-bond acceptors (Lipinski definition) is 4. The number of aromatic nitrogens is 3. The molecular weight excluding hydrogens is 400 g/mol. The second-order valence-electron chi connectivity index (χ2n) is 7.29. The second kappa shape index (κ2) is 10.1. The number of aryl methyl sites for hydroxylation is 1. The van der Waals surface area contributed by atoms with Crippen LogP contribution >= 0.6 is 24.2 Å². The van der Waals surface area contributed by atoms with Crippen molar-refractivity contribution in [1.82, 2.24) is 20.1 Å². The molecule has 6 heteroatoms. The Morgan fingerprint density at radius 2 is 1.90 bits per heavy atom. The minimum atomic E-state index is 0. The maximum absolute atomic E-state index is 4.36. The zero-order valence-electron chi connectivity index (χ0n) is 16.7. The van der Waals surface area contributed by atoms with Gasteiger partial charge in [0.1, 0.15) is 0 Å². The van der Waals surface area contributed by atoms with Gasteiger partial charge >= 0.3 is 0 Å². The third-order valence-electron chi connectivity index (χ3n) is 5.24. The highest BCUT2D eigenvalue weighted by Crippen LogP contribution is 2.29. The predicted molar refractivity (Wildman–Crippen MR) is 124 cm³/mol. The van der Waals surface area contributed by atoms with E-state index in [1.165, 1.54) is 36.0 Å². The first-order valence-corrected chi connectivity index (χ1v) is 10.8. The van der Waals surface area contributed by atoms with Gasteiger partial charge < -0.3 is 9.88 Å². The van der Waals surface area contributed by atoms with Crippen LogP contribution in [0.15, 0.2) is 71.9 Å². The summed E-state index contributed by atoms with van der Waals surface area (Å²) < 4.78 is 2.05. The summed E-state index contributed by atoms with van der Waals surface area (Å²) >= 11 is 1.69.